The SMILES string of the molecule is CCN(C1CCCC1)C(CN)c1cc(Br)ccc1Cl. The molecule has 1 aliphatic carbocycles. The zero-order valence-corrected chi connectivity index (χ0v) is 13.8. The molecule has 2 rings (SSSR count). The minimum atomic E-state index is 0.220. The molecule has 1 atom stereocenters. The lowest BCUT2D eigenvalue weighted by Crippen LogP contribution is -2.40. The van der Waals surface area contributed by atoms with Gasteiger partial charge in [-0.2, -0.15) is 0 Å². The summed E-state index contributed by atoms with van der Waals surface area (Å²) < 4.78 is 1.06. The highest BCUT2D eigenvalue weighted by molar-refractivity contribution is 9.10. The van der Waals surface area contributed by atoms with E-state index in [1.54, 1.807) is 0 Å². The van der Waals surface area contributed by atoms with E-state index in [1.165, 1.54) is 25.7 Å². The predicted octanol–water partition coefficient (Wildman–Crippen LogP) is 4.37. The van der Waals surface area contributed by atoms with Gasteiger partial charge in [-0.3, -0.25) is 4.90 Å². The van der Waals surface area contributed by atoms with E-state index >= 15 is 0 Å². The summed E-state index contributed by atoms with van der Waals surface area (Å²) in [7, 11) is 0. The summed E-state index contributed by atoms with van der Waals surface area (Å²) in [5.74, 6) is 0. The fraction of sp³-hybridized carbons (Fsp3) is 0.600. The Hall–Kier alpha value is -0.0900. The summed E-state index contributed by atoms with van der Waals surface area (Å²) in [4.78, 5) is 2.53. The van der Waals surface area contributed by atoms with Crippen LogP contribution in [0.15, 0.2) is 22.7 Å². The fourth-order valence-corrected chi connectivity index (χ4v) is 3.80. The second kappa shape index (κ2) is 7.07. The molecule has 1 saturated carbocycles. The van der Waals surface area contributed by atoms with Crippen LogP contribution in [0.25, 0.3) is 0 Å². The summed E-state index contributed by atoms with van der Waals surface area (Å²) >= 11 is 9.90. The molecule has 1 fully saturated rings. The minimum absolute atomic E-state index is 0.220. The lowest BCUT2D eigenvalue weighted by Gasteiger charge is -2.35. The summed E-state index contributed by atoms with van der Waals surface area (Å²) in [6, 6.07) is 6.92. The van der Waals surface area contributed by atoms with Crippen LogP contribution < -0.4 is 5.73 Å². The molecule has 0 aliphatic heterocycles. The highest BCUT2D eigenvalue weighted by Crippen LogP contribution is 2.34. The molecule has 106 valence electrons. The van der Waals surface area contributed by atoms with Gasteiger partial charge in [-0.05, 0) is 43.1 Å². The fourth-order valence-electron chi connectivity index (χ4n) is 3.18. The number of rotatable bonds is 5. The normalized spacial score (nSPS) is 18.2. The van der Waals surface area contributed by atoms with Crippen LogP contribution in [-0.4, -0.2) is 24.0 Å². The van der Waals surface area contributed by atoms with Gasteiger partial charge in [0.05, 0.1) is 0 Å². The van der Waals surface area contributed by atoms with E-state index in [-0.39, 0.29) is 6.04 Å². The molecule has 0 spiro atoms. The molecule has 0 radical (unpaired) electrons. The Labute approximate surface area is 129 Å². The summed E-state index contributed by atoms with van der Waals surface area (Å²) in [5, 5.41) is 0.815. The summed E-state index contributed by atoms with van der Waals surface area (Å²) in [5.41, 5.74) is 7.20. The van der Waals surface area contributed by atoms with Gasteiger partial charge in [0.2, 0.25) is 0 Å². The Morgan fingerprint density at radius 1 is 1.42 bits per heavy atom. The van der Waals surface area contributed by atoms with Crippen LogP contribution in [0, 0.1) is 0 Å². The van der Waals surface area contributed by atoms with Gasteiger partial charge >= 0.3 is 0 Å². The van der Waals surface area contributed by atoms with Crippen molar-refractivity contribution in [1.29, 1.82) is 0 Å². The number of hydrogen-bond donors (Lipinski definition) is 1. The number of benzene rings is 1. The monoisotopic (exact) mass is 344 g/mol. The maximum Gasteiger partial charge on any atom is 0.0488 e. The molecule has 1 aliphatic rings. The Balaban J connectivity index is 2.28. The van der Waals surface area contributed by atoms with Gasteiger partial charge in [-0.15, -0.1) is 0 Å². The Morgan fingerprint density at radius 3 is 2.68 bits per heavy atom. The van der Waals surface area contributed by atoms with Gasteiger partial charge in [0.25, 0.3) is 0 Å². The minimum Gasteiger partial charge on any atom is -0.329 e. The second-order valence-corrected chi connectivity index (χ2v) is 6.51. The van der Waals surface area contributed by atoms with E-state index in [9.17, 15) is 0 Å². The predicted molar refractivity (Wildman–Crippen MR) is 85.6 cm³/mol. The van der Waals surface area contributed by atoms with Crippen molar-refractivity contribution in [2.45, 2.75) is 44.7 Å². The van der Waals surface area contributed by atoms with Crippen LogP contribution in [0.5, 0.6) is 0 Å². The number of halogens is 2. The molecular weight excluding hydrogens is 324 g/mol. The largest absolute Gasteiger partial charge is 0.329 e. The number of nitrogens with two attached hydrogens (primary N) is 1. The van der Waals surface area contributed by atoms with Gasteiger partial charge < -0.3 is 5.73 Å². The summed E-state index contributed by atoms with van der Waals surface area (Å²) in [6.07, 6.45) is 5.25. The van der Waals surface area contributed by atoms with Gasteiger partial charge in [0.1, 0.15) is 0 Å². The smallest absolute Gasteiger partial charge is 0.0488 e. The zero-order chi connectivity index (χ0) is 13.8. The molecule has 2 nitrogen and oxygen atoms in total. The maximum atomic E-state index is 6.37. The summed E-state index contributed by atoms with van der Waals surface area (Å²) in [6.45, 7) is 3.85. The van der Waals surface area contributed by atoms with Crippen LogP contribution in [0.1, 0.15) is 44.2 Å². The molecule has 19 heavy (non-hydrogen) atoms. The van der Waals surface area contributed by atoms with Crippen molar-refractivity contribution in [3.8, 4) is 0 Å². The van der Waals surface area contributed by atoms with Crippen molar-refractivity contribution >= 4 is 27.5 Å². The molecule has 1 unspecified atom stereocenters. The van der Waals surface area contributed by atoms with Crippen molar-refractivity contribution in [3.63, 3.8) is 0 Å². The first-order valence-electron chi connectivity index (χ1n) is 7.08. The van der Waals surface area contributed by atoms with Gasteiger partial charge in [-0.25, -0.2) is 0 Å². The van der Waals surface area contributed by atoms with Crippen LogP contribution in [0.3, 0.4) is 0 Å². The highest BCUT2D eigenvalue weighted by Gasteiger charge is 2.28. The van der Waals surface area contributed by atoms with Gasteiger partial charge in [-0.1, -0.05) is 47.3 Å². The molecule has 0 bridgehead atoms. The van der Waals surface area contributed by atoms with E-state index < -0.39 is 0 Å². The Kier molecular flexibility index (Phi) is 5.70. The second-order valence-electron chi connectivity index (χ2n) is 5.19. The first-order valence-corrected chi connectivity index (χ1v) is 8.25. The lowest BCUT2D eigenvalue weighted by atomic mass is 10.0. The van der Waals surface area contributed by atoms with E-state index in [1.807, 2.05) is 12.1 Å². The van der Waals surface area contributed by atoms with Crippen molar-refractivity contribution in [1.82, 2.24) is 4.90 Å². The molecule has 0 aromatic heterocycles. The maximum absolute atomic E-state index is 6.37. The van der Waals surface area contributed by atoms with Crippen molar-refractivity contribution in [3.05, 3.63) is 33.3 Å². The van der Waals surface area contributed by atoms with Crippen LogP contribution in [-0.2, 0) is 0 Å². The third-order valence-electron chi connectivity index (χ3n) is 4.10. The molecule has 4 heteroatoms. The Bertz CT molecular complexity index is 419. The van der Waals surface area contributed by atoms with Crippen LogP contribution >= 0.6 is 27.5 Å². The van der Waals surface area contributed by atoms with Crippen LogP contribution in [0.4, 0.5) is 0 Å². The number of likely N-dealkylation sites (N-methyl/N-ethyl adjacent to an activating group) is 1. The van der Waals surface area contributed by atoms with Gasteiger partial charge in [0.15, 0.2) is 0 Å². The van der Waals surface area contributed by atoms with E-state index in [0.29, 0.717) is 12.6 Å². The molecule has 2 N–H and O–H groups in total. The number of hydrogen-bond acceptors (Lipinski definition) is 2. The molecule has 0 saturated heterocycles. The first kappa shape index (κ1) is 15.3. The molecular formula is C15H22BrClN2. The molecule has 0 heterocycles. The molecule has 0 amide bonds. The number of nitrogens with zero attached hydrogens (tertiary/aromatic N) is 1. The van der Waals surface area contributed by atoms with Gasteiger partial charge in [0, 0.05) is 28.1 Å². The standard InChI is InChI=1S/C15H22BrClN2/c1-2-19(12-5-3-4-6-12)15(10-18)13-9-11(16)7-8-14(13)17/h7-9,12,15H,2-6,10,18H2,1H3. The molecule has 1 aromatic carbocycles. The van der Waals surface area contributed by atoms with Crippen molar-refractivity contribution < 1.29 is 0 Å². The lowest BCUT2D eigenvalue weighted by molar-refractivity contribution is 0.147. The van der Waals surface area contributed by atoms with E-state index in [4.69, 9.17) is 17.3 Å². The molecule has 1 aromatic rings. The van der Waals surface area contributed by atoms with Crippen molar-refractivity contribution in [2.75, 3.05) is 13.1 Å². The highest BCUT2D eigenvalue weighted by atomic mass is 79.9. The third kappa shape index (κ3) is 3.52. The third-order valence-corrected chi connectivity index (χ3v) is 4.94. The van der Waals surface area contributed by atoms with E-state index in [2.05, 4.69) is 33.8 Å². The van der Waals surface area contributed by atoms with Crippen molar-refractivity contribution in [2.24, 2.45) is 5.73 Å². The van der Waals surface area contributed by atoms with Crippen LogP contribution in [0.2, 0.25) is 5.02 Å². The quantitative estimate of drug-likeness (QED) is 0.858. The average molecular weight is 346 g/mol. The van der Waals surface area contributed by atoms with E-state index in [0.717, 1.165) is 21.6 Å². The topological polar surface area (TPSA) is 29.3 Å². The first-order chi connectivity index (χ1) is 9.17. The Morgan fingerprint density at radius 2 is 2.11 bits per heavy atom. The average Bonchev–Trinajstić information content (AvgIpc) is 2.92. The zero-order valence-electron chi connectivity index (χ0n) is 11.4.